The lowest BCUT2D eigenvalue weighted by molar-refractivity contribution is -0.646. The smallest absolute Gasteiger partial charge is 0.339 e. The predicted molar refractivity (Wildman–Crippen MR) is 339 cm³/mol. The molecule has 0 aliphatic heterocycles. The minimum absolute atomic E-state index is 0. The Kier molecular flexibility index (Phi) is 19.6. The maximum Gasteiger partial charge on any atom is 0.339 e. The van der Waals surface area contributed by atoms with Gasteiger partial charge in [0.1, 0.15) is 18.4 Å². The van der Waals surface area contributed by atoms with Gasteiger partial charge in [-0.2, -0.15) is 4.57 Å². The number of rotatable bonds is 15. The van der Waals surface area contributed by atoms with Gasteiger partial charge < -0.3 is 35.2 Å². The molecular formula is C72H69ClN4O6. The van der Waals surface area contributed by atoms with Gasteiger partial charge in [-0.1, -0.05) is 163 Å². The first-order valence-electron chi connectivity index (χ1n) is 27.5. The molecule has 0 aliphatic rings. The Morgan fingerprint density at radius 3 is 1.70 bits per heavy atom. The first kappa shape index (κ1) is 59.6. The van der Waals surface area contributed by atoms with Gasteiger partial charge in [-0.3, -0.25) is 0 Å². The lowest BCUT2D eigenvalue weighted by Crippen LogP contribution is -2.32. The number of hydrogen-bond acceptors (Lipinski definition) is 6. The molecule has 11 rings (SSSR count). The first-order valence-corrected chi connectivity index (χ1v) is 27.5. The summed E-state index contributed by atoms with van der Waals surface area (Å²) in [6.07, 6.45) is 5.41. The molecule has 0 fully saturated rings. The maximum absolute atomic E-state index is 12.9. The van der Waals surface area contributed by atoms with Crippen LogP contribution in [0.15, 0.2) is 218 Å². The summed E-state index contributed by atoms with van der Waals surface area (Å²) in [6.45, 7) is 7.57. The van der Waals surface area contributed by atoms with Gasteiger partial charge in [0.2, 0.25) is 11.2 Å². The van der Waals surface area contributed by atoms with Crippen LogP contribution in [0.2, 0.25) is 0 Å². The highest BCUT2D eigenvalue weighted by Gasteiger charge is 2.21. The molecule has 0 amide bonds. The zero-order valence-electron chi connectivity index (χ0n) is 47.5. The normalized spacial score (nSPS) is 11.4. The topological polar surface area (TPSA) is 142 Å². The van der Waals surface area contributed by atoms with Gasteiger partial charge in [0.05, 0.1) is 5.56 Å². The fourth-order valence-corrected chi connectivity index (χ4v) is 10.8. The van der Waals surface area contributed by atoms with Gasteiger partial charge in [-0.25, -0.2) is 9.59 Å². The highest BCUT2D eigenvalue weighted by molar-refractivity contribution is 6.02. The van der Waals surface area contributed by atoms with E-state index in [1.54, 1.807) is 48.5 Å². The molecule has 0 bridgehead atoms. The SMILES string of the molecule is CC(NCCC(c1ccccc1)c1ccccc1)c1ccccc1.Cc1cc(C=Cc2ccc3cc(N(C)C)ccc3[n+]2C)c(C)n1-c1ccccc1.Cl.O=C(O)c1cc2ccccc2c(Cc2c(O)c(C(=O)O)cc3ccccc23)c1[O-]. The van der Waals surface area contributed by atoms with Crippen molar-refractivity contribution in [1.82, 2.24) is 9.88 Å². The van der Waals surface area contributed by atoms with Crippen molar-refractivity contribution < 1.29 is 34.6 Å². The Hall–Kier alpha value is -9.48. The largest absolute Gasteiger partial charge is 0.872 e. The van der Waals surface area contributed by atoms with Gasteiger partial charge in [0, 0.05) is 84.4 Å². The van der Waals surface area contributed by atoms with Crippen LogP contribution < -0.4 is 19.9 Å². The third kappa shape index (κ3) is 13.8. The molecule has 1 atom stereocenters. The van der Waals surface area contributed by atoms with Gasteiger partial charge >= 0.3 is 11.9 Å². The number of aryl methyl sites for hydroxylation is 2. The second-order valence-electron chi connectivity index (χ2n) is 20.7. The Bertz CT molecular complexity index is 3910. The molecule has 0 spiro atoms. The number of para-hydroxylation sites is 1. The number of aromatic nitrogens is 2. The summed E-state index contributed by atoms with van der Waals surface area (Å²) in [5.74, 6) is -3.28. The Balaban J connectivity index is 0.000000163. The molecule has 10 nitrogen and oxygen atoms in total. The van der Waals surface area contributed by atoms with E-state index in [-0.39, 0.29) is 41.1 Å². The van der Waals surface area contributed by atoms with Crippen molar-refractivity contribution in [2.75, 3.05) is 25.5 Å². The van der Waals surface area contributed by atoms with Crippen molar-refractivity contribution in [2.24, 2.45) is 7.05 Å². The van der Waals surface area contributed by atoms with Gasteiger partial charge in [0.25, 0.3) is 0 Å². The van der Waals surface area contributed by atoms with Crippen LogP contribution in [0.5, 0.6) is 11.5 Å². The molecule has 0 aliphatic carbocycles. The van der Waals surface area contributed by atoms with Crippen LogP contribution in [0.1, 0.15) is 96.5 Å². The number of carbonyl (C=O) groups is 2. The number of pyridine rings is 1. The number of fused-ring (bicyclic) bond motifs is 3. The number of carboxylic acids is 2. The van der Waals surface area contributed by atoms with Crippen molar-refractivity contribution in [3.8, 4) is 17.2 Å². The maximum atomic E-state index is 12.9. The number of nitrogens with zero attached hydrogens (tertiary/aromatic N) is 3. The first-order chi connectivity index (χ1) is 39.7. The zero-order valence-corrected chi connectivity index (χ0v) is 48.3. The van der Waals surface area contributed by atoms with E-state index in [0.29, 0.717) is 33.5 Å². The summed E-state index contributed by atoms with van der Waals surface area (Å²) >= 11 is 0. The van der Waals surface area contributed by atoms with Crippen LogP contribution in [0, 0.1) is 13.8 Å². The molecule has 11 heteroatoms. The summed E-state index contributed by atoms with van der Waals surface area (Å²) in [4.78, 5) is 25.3. The molecular weight excluding hydrogens is 1050 g/mol. The third-order valence-electron chi connectivity index (χ3n) is 15.3. The zero-order chi connectivity index (χ0) is 57.9. The summed E-state index contributed by atoms with van der Waals surface area (Å²) < 4.78 is 4.56. The summed E-state index contributed by atoms with van der Waals surface area (Å²) in [6, 6.07) is 72.9. The Morgan fingerprint density at radius 2 is 1.13 bits per heavy atom. The average molecular weight is 1120 g/mol. The Morgan fingerprint density at radius 1 is 0.614 bits per heavy atom. The number of benzene rings is 9. The molecule has 0 saturated heterocycles. The second-order valence-corrected chi connectivity index (χ2v) is 20.7. The van der Waals surface area contributed by atoms with Crippen LogP contribution in [0.25, 0.3) is 50.3 Å². The second kappa shape index (κ2) is 27.3. The predicted octanol–water partition coefficient (Wildman–Crippen LogP) is 15.0. The summed E-state index contributed by atoms with van der Waals surface area (Å²) in [5, 5.41) is 49.7. The molecule has 83 heavy (non-hydrogen) atoms. The minimum Gasteiger partial charge on any atom is -0.872 e. The van der Waals surface area contributed by atoms with Crippen molar-refractivity contribution >= 4 is 74.6 Å². The Labute approximate surface area is 491 Å². The molecule has 2 aromatic heterocycles. The summed E-state index contributed by atoms with van der Waals surface area (Å²) in [5.41, 5.74) is 12.5. The third-order valence-corrected chi connectivity index (χ3v) is 15.3. The van der Waals surface area contributed by atoms with Crippen LogP contribution in [-0.2, 0) is 13.5 Å². The molecule has 2 heterocycles. The van der Waals surface area contributed by atoms with E-state index in [4.69, 9.17) is 0 Å². The van der Waals surface area contributed by atoms with Crippen LogP contribution in [-0.4, -0.2) is 52.5 Å². The van der Waals surface area contributed by atoms with Crippen molar-refractivity contribution in [3.63, 3.8) is 0 Å². The number of phenols is 1. The van der Waals surface area contributed by atoms with Gasteiger partial charge in [0.15, 0.2) is 0 Å². The molecule has 420 valence electrons. The quantitative estimate of drug-likeness (QED) is 0.0744. The van der Waals surface area contributed by atoms with E-state index >= 15 is 0 Å². The van der Waals surface area contributed by atoms with E-state index in [1.165, 1.54) is 73.7 Å². The van der Waals surface area contributed by atoms with Crippen molar-refractivity contribution in [3.05, 3.63) is 280 Å². The highest BCUT2D eigenvalue weighted by atomic mass is 35.5. The molecule has 1 unspecified atom stereocenters. The molecule has 9 aromatic carbocycles. The van der Waals surface area contributed by atoms with E-state index in [9.17, 15) is 30.0 Å². The van der Waals surface area contributed by atoms with E-state index in [2.05, 4.69) is 231 Å². The number of hydrogen-bond donors (Lipinski definition) is 4. The van der Waals surface area contributed by atoms with Crippen LogP contribution in [0.3, 0.4) is 0 Å². The number of carboxylic acid groups (broad SMARTS) is 2. The number of nitrogens with one attached hydrogen (secondary N) is 1. The van der Waals surface area contributed by atoms with Crippen LogP contribution in [0.4, 0.5) is 5.69 Å². The van der Waals surface area contributed by atoms with Crippen LogP contribution >= 0.6 is 12.4 Å². The number of aromatic hydroxyl groups is 1. The minimum atomic E-state index is -1.34. The van der Waals surface area contributed by atoms with E-state index < -0.39 is 23.4 Å². The summed E-state index contributed by atoms with van der Waals surface area (Å²) in [7, 11) is 6.28. The van der Waals surface area contributed by atoms with Crippen molar-refractivity contribution in [1.29, 1.82) is 0 Å². The number of aromatic carboxylic acids is 2. The standard InChI is InChI=1S/C26H28N3.C23H25N.C23H16O6.ClH/c1-19-17-21(20(2)29(19)24-9-7-6-8-10-24)11-13-23-14-12-22-18-25(27(3)4)15-16-26(22)28(23)5;1-19(20-11-5-2-6-12-20)24-18-17-23(21-13-7-3-8-14-21)22-15-9-4-10-16-22;24-20-16(14-7-3-1-5-12(14)9-18(20)22(26)27)11-17-15-8-4-2-6-13(15)10-19(21(17)25)23(28)29;/h6-18H,1-5H3;2-16,19,23-24H,17-18H2,1H3;1-10,24-25H,11H2,(H,26,27)(H,28,29);1H/q+1;;;/p-1. The molecule has 4 N–H and O–H groups in total. The molecule has 0 radical (unpaired) electrons. The lowest BCUT2D eigenvalue weighted by atomic mass is 9.88. The van der Waals surface area contributed by atoms with Gasteiger partial charge in [-0.05, 0) is 138 Å². The fraction of sp³-hybridized carbons (Fsp3) is 0.153. The van der Waals surface area contributed by atoms with Crippen molar-refractivity contribution in [2.45, 2.75) is 45.6 Å². The number of halogens is 1. The fourth-order valence-electron chi connectivity index (χ4n) is 10.8. The molecule has 11 aromatic rings. The highest BCUT2D eigenvalue weighted by Crippen LogP contribution is 2.38. The number of anilines is 1. The lowest BCUT2D eigenvalue weighted by Gasteiger charge is -2.21. The van der Waals surface area contributed by atoms with Gasteiger partial charge in [-0.15, -0.1) is 12.4 Å². The average Bonchev–Trinajstić information content (AvgIpc) is 3.98. The monoisotopic (exact) mass is 1120 g/mol. The van der Waals surface area contributed by atoms with E-state index in [1.807, 2.05) is 0 Å². The van der Waals surface area contributed by atoms with E-state index in [0.717, 1.165) is 13.0 Å². The molecule has 0 saturated carbocycles.